The SMILES string of the molecule is CC(=O)O.CC(=O)O.CC(=O)O.CC(=O)O.CC(=O)O.CC(=O)O.CC(=O)O.CC(=O)O.CC(=O)O.CC(=O)O. The van der Waals surface area contributed by atoms with E-state index in [0.29, 0.717) is 0 Å². The van der Waals surface area contributed by atoms with E-state index in [-0.39, 0.29) is 0 Å². The van der Waals surface area contributed by atoms with Crippen LogP contribution >= 0.6 is 0 Å². The van der Waals surface area contributed by atoms with E-state index in [1.807, 2.05) is 0 Å². The van der Waals surface area contributed by atoms with Crippen molar-refractivity contribution in [2.75, 3.05) is 0 Å². The molecule has 0 aromatic heterocycles. The number of rotatable bonds is 0. The van der Waals surface area contributed by atoms with Crippen molar-refractivity contribution >= 4 is 59.7 Å². The molecule has 0 aliphatic rings. The van der Waals surface area contributed by atoms with Crippen LogP contribution < -0.4 is 0 Å². The highest BCUT2D eigenvalue weighted by Gasteiger charge is 1.68. The first kappa shape index (κ1) is 64.6. The second kappa shape index (κ2) is 59.1. The Balaban J connectivity index is -0.0000000312. The molecule has 10 N–H and O–H groups in total. The van der Waals surface area contributed by atoms with Crippen LogP contribution in [0.5, 0.6) is 0 Å². The highest BCUT2D eigenvalue weighted by molar-refractivity contribution is 5.65. The van der Waals surface area contributed by atoms with Gasteiger partial charge >= 0.3 is 0 Å². The van der Waals surface area contributed by atoms with Gasteiger partial charge in [-0.2, -0.15) is 0 Å². The lowest BCUT2D eigenvalue weighted by Crippen LogP contribution is -1.78. The highest BCUT2D eigenvalue weighted by atomic mass is 16.4. The minimum absolute atomic E-state index is 0.833. The zero-order valence-corrected chi connectivity index (χ0v) is 23.6. The summed E-state index contributed by atoms with van der Waals surface area (Å²) in [4.78, 5) is 90.0. The molecule has 0 aliphatic carbocycles. The van der Waals surface area contributed by atoms with E-state index < -0.39 is 59.7 Å². The van der Waals surface area contributed by atoms with E-state index >= 15 is 0 Å². The Morgan fingerprint density at radius 3 is 0.200 bits per heavy atom. The molecular weight excluding hydrogens is 560 g/mol. The van der Waals surface area contributed by atoms with Gasteiger partial charge in [0.15, 0.2) is 0 Å². The summed E-state index contributed by atoms with van der Waals surface area (Å²) in [6.45, 7) is 10.8. The predicted molar refractivity (Wildman–Crippen MR) is 133 cm³/mol. The topological polar surface area (TPSA) is 373 Å². The van der Waals surface area contributed by atoms with Crippen molar-refractivity contribution in [2.24, 2.45) is 0 Å². The fourth-order valence-electron chi connectivity index (χ4n) is 0. The van der Waals surface area contributed by atoms with E-state index in [4.69, 9.17) is 99.0 Å². The van der Waals surface area contributed by atoms with Crippen LogP contribution in [0.15, 0.2) is 0 Å². The molecule has 0 aliphatic heterocycles. The molecule has 0 spiro atoms. The molecule has 0 unspecified atom stereocenters. The monoisotopic (exact) mass is 600 g/mol. The molecule has 20 nitrogen and oxygen atoms in total. The number of aliphatic carboxylic acids is 10. The van der Waals surface area contributed by atoms with E-state index in [0.717, 1.165) is 69.2 Å². The van der Waals surface area contributed by atoms with Gasteiger partial charge in [0.2, 0.25) is 0 Å². The third-order valence-corrected chi connectivity index (χ3v) is 0. The molecule has 40 heavy (non-hydrogen) atoms. The molecule has 0 saturated heterocycles. The molecular formula is C20H40O20. The Bertz CT molecular complexity index is 470. The summed E-state index contributed by atoms with van der Waals surface area (Å²) in [7, 11) is 0. The first-order valence-corrected chi connectivity index (χ1v) is 9.28. The minimum Gasteiger partial charge on any atom is -0.481 e. The molecule has 0 fully saturated rings. The van der Waals surface area contributed by atoms with Crippen LogP contribution in [-0.2, 0) is 47.9 Å². The van der Waals surface area contributed by atoms with Crippen molar-refractivity contribution in [3.05, 3.63) is 0 Å². The van der Waals surface area contributed by atoms with Crippen LogP contribution in [0.25, 0.3) is 0 Å². The van der Waals surface area contributed by atoms with Crippen LogP contribution in [0.2, 0.25) is 0 Å². The number of hydrogen-bond donors (Lipinski definition) is 10. The van der Waals surface area contributed by atoms with Gasteiger partial charge in [0.05, 0.1) is 0 Å². The first-order chi connectivity index (χ1) is 17.3. The smallest absolute Gasteiger partial charge is 0.300 e. The molecule has 0 rings (SSSR count). The summed E-state index contributed by atoms with van der Waals surface area (Å²) in [6.07, 6.45) is 0. The van der Waals surface area contributed by atoms with Crippen molar-refractivity contribution in [1.82, 2.24) is 0 Å². The van der Waals surface area contributed by atoms with E-state index in [1.54, 1.807) is 0 Å². The normalized spacial score (nSPS) is 6.25. The standard InChI is InChI=1S/10C2H4O2/c10*1-2(3)4/h10*1H3,(H,3,4). The molecule has 0 heterocycles. The predicted octanol–water partition coefficient (Wildman–Crippen LogP) is 0.909. The Labute approximate surface area is 228 Å². The van der Waals surface area contributed by atoms with Crippen molar-refractivity contribution in [1.29, 1.82) is 0 Å². The summed E-state index contributed by atoms with van der Waals surface area (Å²) in [6, 6.07) is 0. The highest BCUT2D eigenvalue weighted by Crippen LogP contribution is 1.45. The Morgan fingerprint density at radius 2 is 0.200 bits per heavy atom. The van der Waals surface area contributed by atoms with E-state index in [1.165, 1.54) is 0 Å². The molecule has 0 bridgehead atoms. The van der Waals surface area contributed by atoms with Crippen LogP contribution in [0.3, 0.4) is 0 Å². The Morgan fingerprint density at radius 1 is 0.200 bits per heavy atom. The van der Waals surface area contributed by atoms with Crippen molar-refractivity contribution in [2.45, 2.75) is 69.2 Å². The van der Waals surface area contributed by atoms with Crippen LogP contribution in [0.1, 0.15) is 69.2 Å². The average Bonchev–Trinajstić information content (AvgIpc) is 2.47. The average molecular weight is 601 g/mol. The summed E-state index contributed by atoms with van der Waals surface area (Å²) < 4.78 is 0. The Hall–Kier alpha value is -5.30. The van der Waals surface area contributed by atoms with Crippen LogP contribution in [0.4, 0.5) is 0 Å². The van der Waals surface area contributed by atoms with Gasteiger partial charge in [0.1, 0.15) is 0 Å². The molecule has 0 radical (unpaired) electrons. The summed E-state index contributed by atoms with van der Waals surface area (Å²) >= 11 is 0. The zero-order valence-electron chi connectivity index (χ0n) is 23.6. The van der Waals surface area contributed by atoms with Gasteiger partial charge in [-0.15, -0.1) is 0 Å². The lowest BCUT2D eigenvalue weighted by molar-refractivity contribution is -0.135. The first-order valence-electron chi connectivity index (χ1n) is 9.28. The molecule has 0 saturated carbocycles. The van der Waals surface area contributed by atoms with Crippen molar-refractivity contribution in [3.63, 3.8) is 0 Å². The molecule has 0 amide bonds. The number of hydrogen-bond acceptors (Lipinski definition) is 10. The molecule has 0 aromatic rings. The van der Waals surface area contributed by atoms with Crippen LogP contribution in [-0.4, -0.2) is 111 Å². The fraction of sp³-hybridized carbons (Fsp3) is 0.500. The second-order valence-electron chi connectivity index (χ2n) is 5.19. The zero-order chi connectivity index (χ0) is 35.8. The second-order valence-corrected chi connectivity index (χ2v) is 5.19. The van der Waals surface area contributed by atoms with E-state index in [2.05, 4.69) is 0 Å². The third kappa shape index (κ3) is 1170. The lowest BCUT2D eigenvalue weighted by Gasteiger charge is -1.59. The van der Waals surface area contributed by atoms with Gasteiger partial charge in [-0.1, -0.05) is 0 Å². The fourth-order valence-corrected chi connectivity index (χ4v) is 0. The quantitative estimate of drug-likeness (QED) is 0.184. The summed E-state index contributed by atoms with van der Waals surface area (Å²) in [5.74, 6) is -8.33. The summed E-state index contributed by atoms with van der Waals surface area (Å²) in [5.41, 5.74) is 0. The summed E-state index contributed by atoms with van der Waals surface area (Å²) in [5, 5.41) is 74.2. The maximum atomic E-state index is 9.00. The largest absolute Gasteiger partial charge is 0.481 e. The third-order valence-electron chi connectivity index (χ3n) is 0. The van der Waals surface area contributed by atoms with Gasteiger partial charge in [0.25, 0.3) is 59.7 Å². The van der Waals surface area contributed by atoms with Gasteiger partial charge in [-0.05, 0) is 0 Å². The molecule has 20 heteroatoms. The lowest BCUT2D eigenvalue weighted by atomic mass is 10.9. The van der Waals surface area contributed by atoms with Crippen LogP contribution in [0, 0.1) is 0 Å². The van der Waals surface area contributed by atoms with E-state index in [9.17, 15) is 0 Å². The van der Waals surface area contributed by atoms with Gasteiger partial charge in [-0.3, -0.25) is 47.9 Å². The van der Waals surface area contributed by atoms with Gasteiger partial charge in [0, 0.05) is 69.2 Å². The minimum atomic E-state index is -0.833. The Kier molecular flexibility index (Phi) is 95.4. The van der Waals surface area contributed by atoms with Gasteiger partial charge in [-0.25, -0.2) is 0 Å². The van der Waals surface area contributed by atoms with Crippen molar-refractivity contribution < 1.29 is 99.0 Å². The number of carboxylic acid groups (broad SMARTS) is 10. The molecule has 240 valence electrons. The molecule has 0 aromatic carbocycles. The maximum absolute atomic E-state index is 9.00. The van der Waals surface area contributed by atoms with Crippen molar-refractivity contribution in [3.8, 4) is 0 Å². The molecule has 0 atom stereocenters. The number of carboxylic acids is 10. The maximum Gasteiger partial charge on any atom is 0.300 e. The number of carbonyl (C=O) groups is 10. The van der Waals surface area contributed by atoms with Gasteiger partial charge < -0.3 is 51.1 Å².